The van der Waals surface area contributed by atoms with E-state index < -0.39 is 0 Å². The molecule has 2 saturated carbocycles. The number of carbonyl (C=O) groups excluding carboxylic acids is 2. The third-order valence-corrected chi connectivity index (χ3v) is 11.9. The second-order valence-electron chi connectivity index (χ2n) is 15.0. The first-order valence-electron chi connectivity index (χ1n) is 17.6. The van der Waals surface area contributed by atoms with E-state index >= 15 is 0 Å². The lowest BCUT2D eigenvalue weighted by atomic mass is 9.72. The van der Waals surface area contributed by atoms with Crippen LogP contribution in [0.3, 0.4) is 0 Å². The van der Waals surface area contributed by atoms with Gasteiger partial charge in [0.2, 0.25) is 0 Å². The average Bonchev–Trinajstić information content (AvgIpc) is 3.39. The van der Waals surface area contributed by atoms with Gasteiger partial charge in [0, 0.05) is 24.5 Å². The van der Waals surface area contributed by atoms with Crippen LogP contribution in [0.25, 0.3) is 0 Å². The molecule has 0 aliphatic heterocycles. The van der Waals surface area contributed by atoms with Gasteiger partial charge < -0.3 is 5.32 Å². The van der Waals surface area contributed by atoms with Gasteiger partial charge in [0.25, 0.3) is 0 Å². The van der Waals surface area contributed by atoms with E-state index in [9.17, 15) is 9.59 Å². The molecule has 3 nitrogen and oxygen atoms in total. The molecule has 0 bridgehead atoms. The summed E-state index contributed by atoms with van der Waals surface area (Å²) in [7, 11) is 0. The third-order valence-electron chi connectivity index (χ3n) is 11.9. The number of benzene rings is 1. The number of carbonyl (C=O) groups is 2. The van der Waals surface area contributed by atoms with Crippen molar-refractivity contribution in [2.45, 2.75) is 104 Å². The normalized spacial score (nSPS) is 24.3. The topological polar surface area (TPSA) is 46.2 Å². The van der Waals surface area contributed by atoms with Crippen molar-refractivity contribution in [3.05, 3.63) is 97.3 Å². The van der Waals surface area contributed by atoms with Crippen LogP contribution in [-0.4, -0.2) is 17.6 Å². The number of hydrogen-bond acceptors (Lipinski definition) is 3. The molecule has 0 heterocycles. The van der Waals surface area contributed by atoms with Gasteiger partial charge in [-0.2, -0.15) is 0 Å². The fourth-order valence-corrected chi connectivity index (χ4v) is 8.92. The van der Waals surface area contributed by atoms with Crippen LogP contribution in [0, 0.1) is 46.8 Å². The molecule has 2 fully saturated rings. The fourth-order valence-electron chi connectivity index (χ4n) is 8.92. The highest BCUT2D eigenvalue weighted by Gasteiger charge is 2.68. The summed E-state index contributed by atoms with van der Waals surface area (Å²) in [6.07, 6.45) is 12.8. The van der Waals surface area contributed by atoms with Gasteiger partial charge in [0.05, 0.1) is 6.04 Å². The van der Waals surface area contributed by atoms with Crippen LogP contribution in [-0.2, 0) is 22.4 Å². The van der Waals surface area contributed by atoms with Gasteiger partial charge in [-0.1, -0.05) is 102 Å². The quantitative estimate of drug-likeness (QED) is 0.118. The Labute approximate surface area is 274 Å². The average molecular weight is 610 g/mol. The summed E-state index contributed by atoms with van der Waals surface area (Å²) < 4.78 is 0. The Bertz CT molecular complexity index is 1270. The molecule has 1 aromatic carbocycles. The van der Waals surface area contributed by atoms with Crippen molar-refractivity contribution in [1.29, 1.82) is 0 Å². The maximum atomic E-state index is 14.5. The maximum absolute atomic E-state index is 14.5. The number of Topliss-reactive ketones (excluding diaryl/α,β-unsaturated/α-hetero) is 2. The summed E-state index contributed by atoms with van der Waals surface area (Å²) in [4.78, 5) is 27.5. The Balaban J connectivity index is 1.59. The van der Waals surface area contributed by atoms with Crippen LogP contribution in [0.15, 0.2) is 86.2 Å². The van der Waals surface area contributed by atoms with Crippen LogP contribution in [0.2, 0.25) is 0 Å². The first kappa shape index (κ1) is 34.9. The summed E-state index contributed by atoms with van der Waals surface area (Å²) in [5.41, 5.74) is 5.89. The molecule has 3 aliphatic carbocycles. The highest BCUT2D eigenvalue weighted by Crippen LogP contribution is 2.72. The zero-order valence-electron chi connectivity index (χ0n) is 28.7. The van der Waals surface area contributed by atoms with Gasteiger partial charge in [-0.3, -0.25) is 9.59 Å². The van der Waals surface area contributed by atoms with Crippen LogP contribution in [0.1, 0.15) is 96.6 Å². The number of ketones is 2. The van der Waals surface area contributed by atoms with Gasteiger partial charge in [-0.25, -0.2) is 0 Å². The number of allylic oxidation sites excluding steroid dienone is 4. The van der Waals surface area contributed by atoms with Crippen molar-refractivity contribution in [2.75, 3.05) is 0 Å². The molecule has 244 valence electrons. The molecule has 3 heteroatoms. The molecule has 45 heavy (non-hydrogen) atoms. The minimum atomic E-state index is -0.152. The summed E-state index contributed by atoms with van der Waals surface area (Å²) in [6, 6.07) is 8.89. The monoisotopic (exact) mass is 609 g/mol. The molecule has 0 aromatic heterocycles. The Morgan fingerprint density at radius 3 is 2.18 bits per heavy atom. The third kappa shape index (κ3) is 7.72. The Morgan fingerprint density at radius 2 is 1.60 bits per heavy atom. The molecule has 0 spiro atoms. The molecule has 6 unspecified atom stereocenters. The molecular weight excluding hydrogens is 550 g/mol. The fraction of sp³-hybridized carbons (Fsp3) is 0.571. The Kier molecular flexibility index (Phi) is 11.7. The second kappa shape index (κ2) is 15.1. The van der Waals surface area contributed by atoms with Gasteiger partial charge in [0.15, 0.2) is 5.78 Å². The van der Waals surface area contributed by atoms with E-state index in [1.165, 1.54) is 16.7 Å². The van der Waals surface area contributed by atoms with Crippen LogP contribution in [0.5, 0.6) is 0 Å². The summed E-state index contributed by atoms with van der Waals surface area (Å²) in [5, 5.41) is 3.92. The van der Waals surface area contributed by atoms with Crippen LogP contribution >= 0.6 is 0 Å². The molecule has 3 aliphatic rings. The van der Waals surface area contributed by atoms with Gasteiger partial charge in [-0.05, 0) is 103 Å². The highest BCUT2D eigenvalue weighted by atomic mass is 16.1. The molecule has 0 radical (unpaired) electrons. The van der Waals surface area contributed by atoms with Gasteiger partial charge in [0.1, 0.15) is 5.78 Å². The Morgan fingerprint density at radius 1 is 0.978 bits per heavy atom. The number of nitrogens with one attached hydrogen (secondary N) is 1. The standard InChI is InChI=1S/C42H59NO2/c1-10-14-18-31(28(6)37(44)21-15-11-2)25-38(45)39-35(26-36-40(39)42(36,8)9)29(7)41(43-27(5)22-30(12-3)13-4)34-23-32-19-16-17-20-33(32)24-34/h10-11,16-17,19-20,30-31,34-36,39-41,43H,1-2,5-7,12-15,18,21-26H2,3-4,8-9H3. The molecular formula is C42H59NO2. The predicted octanol–water partition coefficient (Wildman–Crippen LogP) is 9.80. The summed E-state index contributed by atoms with van der Waals surface area (Å²) in [6.45, 7) is 30.4. The lowest BCUT2D eigenvalue weighted by Gasteiger charge is -2.36. The minimum Gasteiger partial charge on any atom is -0.382 e. The molecule has 6 atom stereocenters. The first-order chi connectivity index (χ1) is 21.5. The van der Waals surface area contributed by atoms with E-state index in [4.69, 9.17) is 6.58 Å². The van der Waals surface area contributed by atoms with Crippen molar-refractivity contribution >= 4 is 11.6 Å². The zero-order valence-corrected chi connectivity index (χ0v) is 28.7. The number of fused-ring (bicyclic) bond motifs is 2. The first-order valence-corrected chi connectivity index (χ1v) is 17.6. The largest absolute Gasteiger partial charge is 0.382 e. The van der Waals surface area contributed by atoms with Crippen LogP contribution < -0.4 is 5.32 Å². The second-order valence-corrected chi connectivity index (χ2v) is 15.0. The van der Waals surface area contributed by atoms with Gasteiger partial charge >= 0.3 is 0 Å². The van der Waals surface area contributed by atoms with Crippen molar-refractivity contribution in [3.8, 4) is 0 Å². The maximum Gasteiger partial charge on any atom is 0.158 e. The lowest BCUT2D eigenvalue weighted by molar-refractivity contribution is -0.125. The Hall–Kier alpha value is -2.94. The smallest absolute Gasteiger partial charge is 0.158 e. The van der Waals surface area contributed by atoms with Crippen molar-refractivity contribution in [1.82, 2.24) is 5.32 Å². The van der Waals surface area contributed by atoms with E-state index in [0.29, 0.717) is 48.5 Å². The summed E-state index contributed by atoms with van der Waals surface area (Å²) in [5.74, 6) is 2.15. The van der Waals surface area contributed by atoms with E-state index in [1.54, 1.807) is 6.08 Å². The molecule has 0 saturated heterocycles. The summed E-state index contributed by atoms with van der Waals surface area (Å²) >= 11 is 0. The highest BCUT2D eigenvalue weighted by molar-refractivity contribution is 5.96. The number of rotatable bonds is 20. The van der Waals surface area contributed by atoms with Crippen molar-refractivity contribution < 1.29 is 9.59 Å². The molecule has 1 N–H and O–H groups in total. The zero-order chi connectivity index (χ0) is 32.9. The lowest BCUT2D eigenvalue weighted by Crippen LogP contribution is -2.42. The van der Waals surface area contributed by atoms with E-state index in [1.807, 2.05) is 6.08 Å². The van der Waals surface area contributed by atoms with E-state index in [-0.39, 0.29) is 40.8 Å². The van der Waals surface area contributed by atoms with Crippen molar-refractivity contribution in [2.24, 2.45) is 46.8 Å². The van der Waals surface area contributed by atoms with E-state index in [2.05, 4.69) is 83.6 Å². The predicted molar refractivity (Wildman–Crippen MR) is 190 cm³/mol. The van der Waals surface area contributed by atoms with Gasteiger partial charge in [-0.15, -0.1) is 13.2 Å². The number of hydrogen-bond donors (Lipinski definition) is 1. The minimum absolute atomic E-state index is 0.0508. The van der Waals surface area contributed by atoms with Crippen LogP contribution in [0.4, 0.5) is 0 Å². The SMILES string of the molecule is C=CCCC(=O)C(=C)C(CCC=C)CC(=O)C1C(C(=C)C(NC(=C)CC(CC)CC)C2Cc3ccccc3C2)CC2C1C2(C)C. The van der Waals surface area contributed by atoms with Crippen molar-refractivity contribution in [3.63, 3.8) is 0 Å². The van der Waals surface area contributed by atoms with E-state index in [0.717, 1.165) is 57.1 Å². The molecule has 4 rings (SSSR count). The molecule has 1 aromatic rings. The molecule has 0 amide bonds.